The van der Waals surface area contributed by atoms with Crippen LogP contribution in [0.3, 0.4) is 0 Å². The number of nitrogens with zero attached hydrogens (tertiary/aromatic N) is 4. The van der Waals surface area contributed by atoms with Crippen molar-refractivity contribution in [3.8, 4) is 0 Å². The summed E-state index contributed by atoms with van der Waals surface area (Å²) >= 11 is 0. The van der Waals surface area contributed by atoms with Gasteiger partial charge in [0.05, 0.1) is 0 Å². The third-order valence-electron chi connectivity index (χ3n) is 9.07. The van der Waals surface area contributed by atoms with Crippen LogP contribution >= 0.6 is 0 Å². The summed E-state index contributed by atoms with van der Waals surface area (Å²) < 4.78 is 0. The maximum atomic E-state index is 13.7. The van der Waals surface area contributed by atoms with Crippen LogP contribution in [0.5, 0.6) is 0 Å². The molecule has 1 aromatic carbocycles. The molecule has 7 nitrogen and oxygen atoms in total. The fourth-order valence-corrected chi connectivity index (χ4v) is 6.98. The fraction of sp³-hybridized carbons (Fsp3) is 0.710. The van der Waals surface area contributed by atoms with Gasteiger partial charge < -0.3 is 14.7 Å². The number of imide groups is 1. The van der Waals surface area contributed by atoms with Crippen molar-refractivity contribution < 1.29 is 14.4 Å². The molecule has 1 aromatic rings. The average Bonchev–Trinajstić information content (AvgIpc) is 3.54. The van der Waals surface area contributed by atoms with Crippen LogP contribution in [-0.4, -0.2) is 88.3 Å². The monoisotopic (exact) mass is 522 g/mol. The van der Waals surface area contributed by atoms with Crippen LogP contribution in [0, 0.1) is 17.3 Å². The molecule has 0 radical (unpaired) electrons. The fourth-order valence-electron chi connectivity index (χ4n) is 6.98. The lowest BCUT2D eigenvalue weighted by molar-refractivity contribution is -0.136. The summed E-state index contributed by atoms with van der Waals surface area (Å²) in [7, 11) is 0. The molecular formula is C31H46N4O3. The van der Waals surface area contributed by atoms with Gasteiger partial charge in [0.1, 0.15) is 5.54 Å². The number of amides is 4. The molecule has 4 aliphatic rings. The van der Waals surface area contributed by atoms with Crippen molar-refractivity contribution in [3.63, 3.8) is 0 Å². The van der Waals surface area contributed by atoms with Gasteiger partial charge in [-0.15, -0.1) is 0 Å². The van der Waals surface area contributed by atoms with Gasteiger partial charge in [-0.05, 0) is 62.3 Å². The van der Waals surface area contributed by atoms with E-state index >= 15 is 0 Å². The van der Waals surface area contributed by atoms with Crippen molar-refractivity contribution in [2.75, 3.05) is 39.3 Å². The van der Waals surface area contributed by atoms with E-state index in [1.807, 2.05) is 24.8 Å². The zero-order valence-electron chi connectivity index (χ0n) is 24.0. The van der Waals surface area contributed by atoms with Crippen LogP contribution < -0.4 is 0 Å². The molecule has 2 atom stereocenters. The van der Waals surface area contributed by atoms with Crippen LogP contribution in [0.2, 0.25) is 0 Å². The number of piperidine rings is 1. The lowest BCUT2D eigenvalue weighted by Crippen LogP contribution is -2.58. The molecule has 3 heterocycles. The third kappa shape index (κ3) is 5.36. The van der Waals surface area contributed by atoms with Crippen molar-refractivity contribution in [1.82, 2.24) is 19.6 Å². The minimum absolute atomic E-state index is 0.00174. The number of likely N-dealkylation sites (tertiary alicyclic amines) is 2. The second-order valence-electron chi connectivity index (χ2n) is 13.8. The van der Waals surface area contributed by atoms with E-state index in [1.54, 1.807) is 4.90 Å². The molecule has 4 fully saturated rings. The van der Waals surface area contributed by atoms with E-state index in [0.29, 0.717) is 43.6 Å². The Morgan fingerprint density at radius 1 is 1.00 bits per heavy atom. The minimum Gasteiger partial charge on any atom is -0.342 e. The zero-order chi connectivity index (χ0) is 27.2. The first kappa shape index (κ1) is 27.2. The Hall–Kier alpha value is -2.41. The van der Waals surface area contributed by atoms with Crippen molar-refractivity contribution in [1.29, 1.82) is 0 Å². The summed E-state index contributed by atoms with van der Waals surface area (Å²) in [6.45, 7) is 15.1. The molecule has 1 aliphatic carbocycles. The molecule has 1 saturated carbocycles. The maximum absolute atomic E-state index is 13.7. The minimum atomic E-state index is -0.695. The highest BCUT2D eigenvalue weighted by atomic mass is 16.2. The third-order valence-corrected chi connectivity index (χ3v) is 9.07. The Bertz CT molecular complexity index is 1040. The normalized spacial score (nSPS) is 26.3. The molecule has 3 saturated heterocycles. The van der Waals surface area contributed by atoms with E-state index in [1.165, 1.54) is 5.56 Å². The van der Waals surface area contributed by atoms with Gasteiger partial charge in [-0.1, -0.05) is 51.1 Å². The summed E-state index contributed by atoms with van der Waals surface area (Å²) in [5.41, 5.74) is 0.578. The van der Waals surface area contributed by atoms with Gasteiger partial charge >= 0.3 is 6.03 Å². The molecule has 208 valence electrons. The molecule has 1 spiro atoms. The topological polar surface area (TPSA) is 64.2 Å². The molecule has 0 unspecified atom stereocenters. The Morgan fingerprint density at radius 2 is 1.66 bits per heavy atom. The highest BCUT2D eigenvalue weighted by molar-refractivity contribution is 6.07. The largest absolute Gasteiger partial charge is 0.342 e. The van der Waals surface area contributed by atoms with Crippen molar-refractivity contribution >= 4 is 17.8 Å². The second kappa shape index (κ2) is 10.3. The zero-order valence-corrected chi connectivity index (χ0v) is 24.0. The van der Waals surface area contributed by atoms with Crippen LogP contribution in [0.4, 0.5) is 4.79 Å². The van der Waals surface area contributed by atoms with Gasteiger partial charge in [0.15, 0.2) is 0 Å². The molecule has 3 aliphatic heterocycles. The van der Waals surface area contributed by atoms with E-state index in [0.717, 1.165) is 45.6 Å². The first-order valence-electron chi connectivity index (χ1n) is 14.7. The van der Waals surface area contributed by atoms with Crippen LogP contribution in [-0.2, 0) is 9.59 Å². The first-order chi connectivity index (χ1) is 18.0. The Balaban J connectivity index is 1.28. The van der Waals surface area contributed by atoms with Crippen LogP contribution in [0.1, 0.15) is 78.2 Å². The number of rotatable bonds is 7. The lowest BCUT2D eigenvalue weighted by Gasteiger charge is -2.44. The average molecular weight is 523 g/mol. The number of carbonyl (C=O) groups excluding carboxylic acids is 3. The van der Waals surface area contributed by atoms with E-state index < -0.39 is 5.54 Å². The molecule has 38 heavy (non-hydrogen) atoms. The quantitative estimate of drug-likeness (QED) is 0.492. The smallest absolute Gasteiger partial charge is 0.327 e. The SMILES string of the molecule is CC(C)N1C(=O)N(CC2CC2)C(=O)C12CCN(C[C@H]1CN(C(=O)CC(C)(C)C)C[C@@H]1c1ccccc1)CC2. The van der Waals surface area contributed by atoms with Crippen molar-refractivity contribution in [2.24, 2.45) is 17.3 Å². The first-order valence-corrected chi connectivity index (χ1v) is 14.7. The summed E-state index contributed by atoms with van der Waals surface area (Å²) in [5.74, 6) is 1.44. The van der Waals surface area contributed by atoms with E-state index in [4.69, 9.17) is 0 Å². The van der Waals surface area contributed by atoms with Crippen molar-refractivity contribution in [3.05, 3.63) is 35.9 Å². The number of benzene rings is 1. The lowest BCUT2D eigenvalue weighted by atomic mass is 9.83. The van der Waals surface area contributed by atoms with Crippen molar-refractivity contribution in [2.45, 2.75) is 84.2 Å². The number of urea groups is 1. The van der Waals surface area contributed by atoms with E-state index in [9.17, 15) is 14.4 Å². The van der Waals surface area contributed by atoms with Gasteiger partial charge in [0.2, 0.25) is 5.91 Å². The molecule has 5 rings (SSSR count). The van der Waals surface area contributed by atoms with Crippen LogP contribution in [0.15, 0.2) is 30.3 Å². The number of hydrogen-bond acceptors (Lipinski definition) is 4. The van der Waals surface area contributed by atoms with Gasteiger partial charge in [-0.2, -0.15) is 0 Å². The number of carbonyl (C=O) groups is 3. The molecular weight excluding hydrogens is 476 g/mol. The summed E-state index contributed by atoms with van der Waals surface area (Å²) in [5, 5.41) is 0. The highest BCUT2D eigenvalue weighted by Gasteiger charge is 2.59. The van der Waals surface area contributed by atoms with Crippen LogP contribution in [0.25, 0.3) is 0 Å². The van der Waals surface area contributed by atoms with E-state index in [-0.39, 0.29) is 29.3 Å². The molecule has 4 amide bonds. The van der Waals surface area contributed by atoms with Gasteiger partial charge in [-0.25, -0.2) is 4.79 Å². The Morgan fingerprint density at radius 3 is 2.24 bits per heavy atom. The molecule has 7 heteroatoms. The van der Waals surface area contributed by atoms with Gasteiger partial charge in [0.25, 0.3) is 5.91 Å². The Labute approximate surface area is 228 Å². The standard InChI is InChI=1S/C31H46N4O3/c1-22(2)35-29(38)34(18-23-11-12-23)28(37)31(35)13-15-32(16-14-31)19-25-20-33(27(36)17-30(3,4)5)21-26(25)24-9-7-6-8-10-24/h6-10,22-23,25-26H,11-21H2,1-5H3/t25-,26+/m0/s1. The molecule has 0 bridgehead atoms. The second-order valence-corrected chi connectivity index (χ2v) is 13.8. The molecule has 0 aromatic heterocycles. The Kier molecular flexibility index (Phi) is 7.36. The highest BCUT2D eigenvalue weighted by Crippen LogP contribution is 2.42. The summed E-state index contributed by atoms with van der Waals surface area (Å²) in [6.07, 6.45) is 4.18. The maximum Gasteiger partial charge on any atom is 0.327 e. The summed E-state index contributed by atoms with van der Waals surface area (Å²) in [4.78, 5) is 48.2. The predicted molar refractivity (Wildman–Crippen MR) is 149 cm³/mol. The summed E-state index contributed by atoms with van der Waals surface area (Å²) in [6, 6.07) is 10.5. The number of hydrogen-bond donors (Lipinski definition) is 0. The van der Waals surface area contributed by atoms with Gasteiger partial charge in [-0.3, -0.25) is 14.5 Å². The van der Waals surface area contributed by atoms with E-state index in [2.05, 4.69) is 54.8 Å². The molecule has 0 N–H and O–H groups in total. The predicted octanol–water partition coefficient (Wildman–Crippen LogP) is 4.58. The van der Waals surface area contributed by atoms with Gasteiger partial charge in [0, 0.05) is 57.6 Å².